The molecule has 1 aromatic carbocycles. The molecule has 0 aliphatic carbocycles. The van der Waals surface area contributed by atoms with Crippen molar-refractivity contribution in [3.8, 4) is 0 Å². The fourth-order valence-corrected chi connectivity index (χ4v) is 1.39. The van der Waals surface area contributed by atoms with Crippen LogP contribution in [0.15, 0.2) is 36.9 Å². The van der Waals surface area contributed by atoms with Crippen LogP contribution in [0.5, 0.6) is 0 Å². The second kappa shape index (κ2) is 5.58. The topological polar surface area (TPSA) is 0 Å². The third kappa shape index (κ3) is 3.45. The maximum atomic E-state index is 3.73. The van der Waals surface area contributed by atoms with E-state index in [1.807, 2.05) is 6.08 Å². The van der Waals surface area contributed by atoms with Gasteiger partial charge in [-0.3, -0.25) is 0 Å². The number of benzene rings is 1. The molecule has 0 amide bonds. The van der Waals surface area contributed by atoms with Crippen molar-refractivity contribution < 1.29 is 0 Å². The first-order valence-electron chi connectivity index (χ1n) is 5.05. The van der Waals surface area contributed by atoms with Crippen LogP contribution in [0, 0.1) is 0 Å². The minimum Gasteiger partial charge on any atom is -0.103 e. The van der Waals surface area contributed by atoms with Crippen LogP contribution < -0.4 is 0 Å². The minimum atomic E-state index is 0.980. The van der Waals surface area contributed by atoms with Crippen LogP contribution in [-0.4, -0.2) is 0 Å². The molecule has 13 heavy (non-hydrogen) atoms. The molecular weight excluding hydrogens is 156 g/mol. The van der Waals surface area contributed by atoms with E-state index in [1.165, 1.54) is 30.4 Å². The first-order valence-corrected chi connectivity index (χ1v) is 5.05. The fraction of sp³-hybridized carbons (Fsp3) is 0.385. The Bertz CT molecular complexity index is 243. The molecule has 0 heteroatoms. The summed E-state index contributed by atoms with van der Waals surface area (Å²) in [5.74, 6) is 0. The van der Waals surface area contributed by atoms with Crippen molar-refractivity contribution in [1.29, 1.82) is 0 Å². The van der Waals surface area contributed by atoms with Crippen molar-refractivity contribution in [3.63, 3.8) is 0 Å². The Morgan fingerprint density at radius 2 is 1.77 bits per heavy atom. The molecule has 0 nitrogen and oxygen atoms in total. The molecule has 0 N–H and O–H groups in total. The quantitative estimate of drug-likeness (QED) is 0.596. The molecule has 1 aromatic rings. The Kier molecular flexibility index (Phi) is 4.31. The van der Waals surface area contributed by atoms with Crippen LogP contribution in [-0.2, 0) is 12.8 Å². The van der Waals surface area contributed by atoms with Gasteiger partial charge in [0.2, 0.25) is 0 Å². The zero-order valence-electron chi connectivity index (χ0n) is 8.42. The number of hydrogen-bond donors (Lipinski definition) is 0. The molecule has 0 fully saturated rings. The maximum absolute atomic E-state index is 3.73. The third-order valence-electron chi connectivity index (χ3n) is 2.22. The van der Waals surface area contributed by atoms with Gasteiger partial charge in [-0.15, -0.1) is 6.58 Å². The van der Waals surface area contributed by atoms with Crippen LogP contribution in [0.3, 0.4) is 0 Å². The second-order valence-electron chi connectivity index (χ2n) is 3.41. The van der Waals surface area contributed by atoms with E-state index in [4.69, 9.17) is 0 Å². The monoisotopic (exact) mass is 174 g/mol. The first kappa shape index (κ1) is 10.0. The number of rotatable bonds is 5. The third-order valence-corrected chi connectivity index (χ3v) is 2.22. The van der Waals surface area contributed by atoms with E-state index in [0.717, 1.165) is 6.42 Å². The molecule has 1 rings (SSSR count). The summed E-state index contributed by atoms with van der Waals surface area (Å²) in [6.45, 7) is 5.96. The van der Waals surface area contributed by atoms with Crippen LogP contribution in [0.4, 0.5) is 0 Å². The molecule has 0 spiro atoms. The molecule has 70 valence electrons. The molecular formula is C13H18. The van der Waals surface area contributed by atoms with Crippen LogP contribution in [0.25, 0.3) is 0 Å². The molecule has 0 atom stereocenters. The zero-order chi connectivity index (χ0) is 9.52. The summed E-state index contributed by atoms with van der Waals surface area (Å²) in [4.78, 5) is 0. The van der Waals surface area contributed by atoms with E-state index in [2.05, 4.69) is 37.8 Å². The summed E-state index contributed by atoms with van der Waals surface area (Å²) >= 11 is 0. The average Bonchev–Trinajstić information content (AvgIpc) is 2.17. The molecule has 0 saturated heterocycles. The van der Waals surface area contributed by atoms with Gasteiger partial charge in [0.1, 0.15) is 0 Å². The van der Waals surface area contributed by atoms with Gasteiger partial charge in [0.05, 0.1) is 0 Å². The van der Waals surface area contributed by atoms with Crippen molar-refractivity contribution in [2.45, 2.75) is 32.6 Å². The van der Waals surface area contributed by atoms with E-state index >= 15 is 0 Å². The lowest BCUT2D eigenvalue weighted by atomic mass is 10.1. The van der Waals surface area contributed by atoms with Gasteiger partial charge in [-0.05, 0) is 30.4 Å². The van der Waals surface area contributed by atoms with Gasteiger partial charge in [-0.2, -0.15) is 0 Å². The molecule has 0 heterocycles. The van der Waals surface area contributed by atoms with Gasteiger partial charge in [0.15, 0.2) is 0 Å². The standard InChI is InChI=1S/C13H18/c1-3-5-7-13-10-8-12(6-4-2)9-11-13/h4,8-11H,2-3,5-7H2,1H3. The molecule has 0 aliphatic heterocycles. The van der Waals surface area contributed by atoms with Crippen molar-refractivity contribution in [3.05, 3.63) is 48.0 Å². The molecule has 0 aromatic heterocycles. The predicted octanol–water partition coefficient (Wildman–Crippen LogP) is 3.76. The van der Waals surface area contributed by atoms with Gasteiger partial charge >= 0.3 is 0 Å². The zero-order valence-corrected chi connectivity index (χ0v) is 8.42. The highest BCUT2D eigenvalue weighted by Gasteiger charge is 1.92. The molecule has 0 bridgehead atoms. The lowest BCUT2D eigenvalue weighted by molar-refractivity contribution is 0.795. The number of hydrogen-bond acceptors (Lipinski definition) is 0. The van der Waals surface area contributed by atoms with Gasteiger partial charge in [-0.25, -0.2) is 0 Å². The Morgan fingerprint density at radius 3 is 2.31 bits per heavy atom. The minimum absolute atomic E-state index is 0.980. The molecule has 0 saturated carbocycles. The first-order chi connectivity index (χ1) is 6.36. The van der Waals surface area contributed by atoms with E-state index in [9.17, 15) is 0 Å². The average molecular weight is 174 g/mol. The smallest absolute Gasteiger partial charge is 0.0100 e. The molecule has 0 radical (unpaired) electrons. The summed E-state index contributed by atoms with van der Waals surface area (Å²) < 4.78 is 0. The highest BCUT2D eigenvalue weighted by molar-refractivity contribution is 5.23. The lowest BCUT2D eigenvalue weighted by Gasteiger charge is -2.01. The number of allylic oxidation sites excluding steroid dienone is 1. The Hall–Kier alpha value is -1.04. The van der Waals surface area contributed by atoms with Crippen LogP contribution in [0.1, 0.15) is 30.9 Å². The van der Waals surface area contributed by atoms with Crippen LogP contribution >= 0.6 is 0 Å². The lowest BCUT2D eigenvalue weighted by Crippen LogP contribution is -1.86. The summed E-state index contributed by atoms with van der Waals surface area (Å²) in [7, 11) is 0. The van der Waals surface area contributed by atoms with Crippen molar-refractivity contribution >= 4 is 0 Å². The highest BCUT2D eigenvalue weighted by atomic mass is 14.0. The fourth-order valence-electron chi connectivity index (χ4n) is 1.39. The normalized spacial score (nSPS) is 9.92. The SMILES string of the molecule is C=CCc1ccc(CCCC)cc1. The Morgan fingerprint density at radius 1 is 1.15 bits per heavy atom. The van der Waals surface area contributed by atoms with E-state index in [-0.39, 0.29) is 0 Å². The Balaban J connectivity index is 2.53. The largest absolute Gasteiger partial charge is 0.103 e. The van der Waals surface area contributed by atoms with E-state index < -0.39 is 0 Å². The molecule has 0 aliphatic rings. The summed E-state index contributed by atoms with van der Waals surface area (Å²) in [6, 6.07) is 8.86. The van der Waals surface area contributed by atoms with Crippen molar-refractivity contribution in [2.75, 3.05) is 0 Å². The summed E-state index contributed by atoms with van der Waals surface area (Å²) in [5.41, 5.74) is 2.81. The summed E-state index contributed by atoms with van der Waals surface area (Å²) in [6.07, 6.45) is 6.70. The summed E-state index contributed by atoms with van der Waals surface area (Å²) in [5, 5.41) is 0. The van der Waals surface area contributed by atoms with Crippen molar-refractivity contribution in [2.24, 2.45) is 0 Å². The number of unbranched alkanes of at least 4 members (excludes halogenated alkanes) is 1. The van der Waals surface area contributed by atoms with E-state index in [1.54, 1.807) is 0 Å². The van der Waals surface area contributed by atoms with Gasteiger partial charge in [0.25, 0.3) is 0 Å². The van der Waals surface area contributed by atoms with Gasteiger partial charge in [0, 0.05) is 0 Å². The predicted molar refractivity (Wildman–Crippen MR) is 59.0 cm³/mol. The maximum Gasteiger partial charge on any atom is -0.0100 e. The highest BCUT2D eigenvalue weighted by Crippen LogP contribution is 2.08. The second-order valence-corrected chi connectivity index (χ2v) is 3.41. The Labute approximate surface area is 81.3 Å². The number of aryl methyl sites for hydroxylation is 1. The van der Waals surface area contributed by atoms with Crippen LogP contribution in [0.2, 0.25) is 0 Å². The molecule has 0 unspecified atom stereocenters. The van der Waals surface area contributed by atoms with E-state index in [0.29, 0.717) is 0 Å². The van der Waals surface area contributed by atoms with Gasteiger partial charge in [-0.1, -0.05) is 43.7 Å². The van der Waals surface area contributed by atoms with Crippen molar-refractivity contribution in [1.82, 2.24) is 0 Å². The van der Waals surface area contributed by atoms with Gasteiger partial charge < -0.3 is 0 Å².